The number of nitrogens with zero attached hydrogens (tertiary/aromatic N) is 1. The van der Waals surface area contributed by atoms with Gasteiger partial charge in [-0.05, 0) is 80.1 Å². The average molecular weight is 487 g/mol. The van der Waals surface area contributed by atoms with Crippen molar-refractivity contribution in [1.82, 2.24) is 4.90 Å². The molecular weight excluding hydrogens is 460 g/mol. The van der Waals surface area contributed by atoms with E-state index in [4.69, 9.17) is 23.2 Å². The summed E-state index contributed by atoms with van der Waals surface area (Å²) in [6.45, 7) is 5.50. The Kier molecular flexibility index (Phi) is 8.48. The van der Waals surface area contributed by atoms with Gasteiger partial charge in [-0.3, -0.25) is 4.79 Å². The number of rotatable bonds is 7. The second-order valence-corrected chi connectivity index (χ2v) is 9.25. The number of nitrogens with one attached hydrogen (secondary N) is 1. The molecule has 1 fully saturated rings. The second kappa shape index (κ2) is 10.9. The van der Waals surface area contributed by atoms with Crippen LogP contribution in [0.2, 0.25) is 10.0 Å². The molecule has 3 nitrogen and oxygen atoms in total. The van der Waals surface area contributed by atoms with Gasteiger partial charge in [-0.25, -0.2) is 0 Å². The number of piperidine rings is 1. The Hall–Kier alpha value is -1.76. The Morgan fingerprint density at radius 2 is 1.66 bits per heavy atom. The highest BCUT2D eigenvalue weighted by molar-refractivity contribution is 6.32. The summed E-state index contributed by atoms with van der Waals surface area (Å²) in [7, 11) is 0. The molecule has 8 heteroatoms. The van der Waals surface area contributed by atoms with Gasteiger partial charge in [-0.2, -0.15) is 13.2 Å². The Morgan fingerprint density at radius 3 is 2.28 bits per heavy atom. The predicted molar refractivity (Wildman–Crippen MR) is 123 cm³/mol. The lowest BCUT2D eigenvalue weighted by molar-refractivity contribution is -0.137. The van der Waals surface area contributed by atoms with Crippen molar-refractivity contribution in [2.75, 3.05) is 25.0 Å². The van der Waals surface area contributed by atoms with Gasteiger partial charge in [0.05, 0.1) is 5.56 Å². The highest BCUT2D eigenvalue weighted by atomic mass is 35.5. The third-order valence-electron chi connectivity index (χ3n) is 5.91. The fourth-order valence-corrected chi connectivity index (χ4v) is 4.34. The molecule has 1 heterocycles. The van der Waals surface area contributed by atoms with Crippen molar-refractivity contribution in [2.24, 2.45) is 5.92 Å². The van der Waals surface area contributed by atoms with Crippen molar-refractivity contribution in [3.8, 4) is 0 Å². The van der Waals surface area contributed by atoms with E-state index in [1.165, 1.54) is 18.9 Å². The third-order valence-corrected chi connectivity index (χ3v) is 6.62. The highest BCUT2D eigenvalue weighted by Gasteiger charge is 2.30. The molecule has 0 aliphatic carbocycles. The summed E-state index contributed by atoms with van der Waals surface area (Å²) in [5.41, 5.74) is 1.32. The van der Waals surface area contributed by atoms with Crippen molar-refractivity contribution in [3.63, 3.8) is 0 Å². The van der Waals surface area contributed by atoms with Gasteiger partial charge in [0.1, 0.15) is 0 Å². The molecule has 1 amide bonds. The summed E-state index contributed by atoms with van der Waals surface area (Å²) in [4.78, 5) is 14.8. The van der Waals surface area contributed by atoms with Crippen LogP contribution in [0.5, 0.6) is 0 Å². The molecule has 0 spiro atoms. The number of carbonyl (C=O) groups excluding carboxylic acids is 1. The van der Waals surface area contributed by atoms with E-state index in [9.17, 15) is 18.0 Å². The van der Waals surface area contributed by atoms with Gasteiger partial charge in [0.25, 0.3) is 0 Å². The molecule has 1 saturated heterocycles. The maximum atomic E-state index is 12.7. The van der Waals surface area contributed by atoms with E-state index in [0.29, 0.717) is 16.3 Å². The Labute approximate surface area is 196 Å². The van der Waals surface area contributed by atoms with Crippen LogP contribution in [-0.4, -0.2) is 30.4 Å². The average Bonchev–Trinajstić information content (AvgIpc) is 2.73. The maximum absolute atomic E-state index is 12.7. The molecule has 174 valence electrons. The number of hydrogen-bond donors (Lipinski definition) is 1. The van der Waals surface area contributed by atoms with E-state index in [2.05, 4.69) is 17.1 Å². The van der Waals surface area contributed by atoms with Crippen molar-refractivity contribution in [1.29, 1.82) is 0 Å². The molecule has 2 aromatic rings. The Morgan fingerprint density at radius 1 is 1.03 bits per heavy atom. The van der Waals surface area contributed by atoms with Crippen LogP contribution in [-0.2, 0) is 23.8 Å². The minimum absolute atomic E-state index is 0.00295. The van der Waals surface area contributed by atoms with Gasteiger partial charge >= 0.3 is 6.18 Å². The quantitative estimate of drug-likeness (QED) is 0.463. The van der Waals surface area contributed by atoms with Crippen molar-refractivity contribution < 1.29 is 18.0 Å². The number of aryl methyl sites for hydroxylation is 1. The molecule has 0 unspecified atom stereocenters. The smallest absolute Gasteiger partial charge is 0.326 e. The molecule has 2 aromatic carbocycles. The molecule has 0 atom stereocenters. The first-order valence-corrected chi connectivity index (χ1v) is 11.5. The predicted octanol–water partition coefficient (Wildman–Crippen LogP) is 6.86. The van der Waals surface area contributed by atoms with Crippen LogP contribution in [0, 0.1) is 5.92 Å². The van der Waals surface area contributed by atoms with Crippen LogP contribution < -0.4 is 5.32 Å². The van der Waals surface area contributed by atoms with Gasteiger partial charge in [-0.1, -0.05) is 42.3 Å². The van der Waals surface area contributed by atoms with Crippen molar-refractivity contribution >= 4 is 34.8 Å². The number of anilines is 1. The van der Waals surface area contributed by atoms with Crippen molar-refractivity contribution in [3.05, 3.63) is 63.1 Å². The first-order valence-electron chi connectivity index (χ1n) is 10.8. The zero-order valence-electron chi connectivity index (χ0n) is 17.9. The monoisotopic (exact) mass is 486 g/mol. The molecule has 0 radical (unpaired) electrons. The fraction of sp³-hybridized carbons (Fsp3) is 0.458. The summed E-state index contributed by atoms with van der Waals surface area (Å²) in [5.74, 6) is 0.542. The first-order chi connectivity index (χ1) is 15.1. The molecule has 0 aromatic heterocycles. The molecular formula is C24H27Cl2F3N2O. The largest absolute Gasteiger partial charge is 0.416 e. The fourth-order valence-electron chi connectivity index (χ4n) is 3.79. The lowest BCUT2D eigenvalue weighted by atomic mass is 9.99. The van der Waals surface area contributed by atoms with Crippen molar-refractivity contribution in [2.45, 2.75) is 45.2 Å². The number of halogens is 5. The standard InChI is InChI=1S/C24H27Cl2F3N2O/c1-16-8-11-31(12-9-16)13-10-18-3-6-20(15-22(18)26)30-23(32)7-4-17-2-5-19(14-21(17)25)24(27,28)29/h2-3,5-6,14-16H,4,7-13H2,1H3,(H,30,32). The summed E-state index contributed by atoms with van der Waals surface area (Å²) >= 11 is 12.4. The summed E-state index contributed by atoms with van der Waals surface area (Å²) in [5, 5.41) is 3.40. The lowest BCUT2D eigenvalue weighted by Gasteiger charge is -2.30. The number of likely N-dealkylation sites (tertiary alicyclic amines) is 1. The number of alkyl halides is 3. The molecule has 32 heavy (non-hydrogen) atoms. The Bertz CT molecular complexity index is 941. The lowest BCUT2D eigenvalue weighted by Crippen LogP contribution is -2.34. The minimum Gasteiger partial charge on any atom is -0.326 e. The van der Waals surface area contributed by atoms with Gasteiger partial charge < -0.3 is 10.2 Å². The van der Waals surface area contributed by atoms with Gasteiger partial charge in [0.15, 0.2) is 0 Å². The van der Waals surface area contributed by atoms with Crippen LogP contribution in [0.25, 0.3) is 0 Å². The second-order valence-electron chi connectivity index (χ2n) is 8.43. The number of carbonyl (C=O) groups is 1. The first kappa shape index (κ1) is 24.9. The summed E-state index contributed by atoms with van der Waals surface area (Å²) in [6.07, 6.45) is -0.793. The molecule has 3 rings (SSSR count). The van der Waals surface area contributed by atoms with E-state index in [1.807, 2.05) is 12.1 Å². The number of benzene rings is 2. The van der Waals surface area contributed by atoms with Crippen LogP contribution in [0.1, 0.15) is 42.9 Å². The summed E-state index contributed by atoms with van der Waals surface area (Å²) < 4.78 is 38.2. The van der Waals surface area contributed by atoms with E-state index in [-0.39, 0.29) is 23.8 Å². The minimum atomic E-state index is -4.45. The topological polar surface area (TPSA) is 32.3 Å². The molecule has 1 N–H and O–H groups in total. The maximum Gasteiger partial charge on any atom is 0.416 e. The van der Waals surface area contributed by atoms with Crippen LogP contribution in [0.3, 0.4) is 0 Å². The number of hydrogen-bond acceptors (Lipinski definition) is 2. The van der Waals surface area contributed by atoms with E-state index >= 15 is 0 Å². The van der Waals surface area contributed by atoms with E-state index in [1.54, 1.807) is 6.07 Å². The molecule has 0 bridgehead atoms. The Balaban J connectivity index is 1.49. The zero-order valence-corrected chi connectivity index (χ0v) is 19.5. The molecule has 1 aliphatic heterocycles. The van der Waals surface area contributed by atoms with Crippen LogP contribution in [0.4, 0.5) is 18.9 Å². The van der Waals surface area contributed by atoms with Gasteiger partial charge in [0, 0.05) is 28.7 Å². The third kappa shape index (κ3) is 7.12. The molecule has 0 saturated carbocycles. The van der Waals surface area contributed by atoms with E-state index < -0.39 is 11.7 Å². The zero-order chi connectivity index (χ0) is 23.3. The normalized spacial score (nSPS) is 15.7. The highest BCUT2D eigenvalue weighted by Crippen LogP contribution is 2.32. The number of amides is 1. The van der Waals surface area contributed by atoms with Gasteiger partial charge in [0.2, 0.25) is 5.91 Å². The van der Waals surface area contributed by atoms with E-state index in [0.717, 1.165) is 49.7 Å². The van der Waals surface area contributed by atoms with Crippen LogP contribution in [0.15, 0.2) is 36.4 Å². The summed E-state index contributed by atoms with van der Waals surface area (Å²) in [6, 6.07) is 8.66. The van der Waals surface area contributed by atoms with Crippen LogP contribution >= 0.6 is 23.2 Å². The molecule has 1 aliphatic rings. The van der Waals surface area contributed by atoms with Gasteiger partial charge in [-0.15, -0.1) is 0 Å². The SMILES string of the molecule is CC1CCN(CCc2ccc(NC(=O)CCc3ccc(C(F)(F)F)cc3Cl)cc2Cl)CC1.